The maximum atomic E-state index is 4.31. The Morgan fingerprint density at radius 1 is 1.10 bits per heavy atom. The predicted molar refractivity (Wildman–Crippen MR) is 86.4 cm³/mol. The third-order valence-corrected chi connectivity index (χ3v) is 4.66. The van der Waals surface area contributed by atoms with E-state index in [0.29, 0.717) is 12.0 Å². The molecule has 1 N–H and O–H groups in total. The van der Waals surface area contributed by atoms with Gasteiger partial charge in [0.2, 0.25) is 0 Å². The van der Waals surface area contributed by atoms with Crippen LogP contribution in [-0.4, -0.2) is 12.0 Å². The van der Waals surface area contributed by atoms with Gasteiger partial charge in [0.15, 0.2) is 0 Å². The van der Waals surface area contributed by atoms with Crippen LogP contribution < -0.4 is 5.32 Å². The molecule has 2 nitrogen and oxygen atoms in total. The molecule has 0 fully saturated rings. The molecule has 2 heteroatoms. The number of nitrogens with one attached hydrogen (secondary N) is 1. The lowest BCUT2D eigenvalue weighted by molar-refractivity contribution is 0.441. The van der Waals surface area contributed by atoms with E-state index in [2.05, 4.69) is 65.9 Å². The molecule has 1 heterocycles. The number of hydrogen-bond acceptors (Lipinski definition) is 2. The van der Waals surface area contributed by atoms with E-state index < -0.39 is 0 Å². The Hall–Kier alpha value is -2.19. The highest BCUT2D eigenvalue weighted by molar-refractivity contribution is 5.85. The second-order valence-electron chi connectivity index (χ2n) is 5.72. The van der Waals surface area contributed by atoms with Gasteiger partial charge in [0, 0.05) is 29.7 Å². The van der Waals surface area contributed by atoms with Gasteiger partial charge in [0.1, 0.15) is 0 Å². The number of rotatable bonds is 3. The molecule has 0 spiro atoms. The third kappa shape index (κ3) is 1.95. The molecule has 104 valence electrons. The summed E-state index contributed by atoms with van der Waals surface area (Å²) < 4.78 is 0. The van der Waals surface area contributed by atoms with Crippen LogP contribution in [0.25, 0.3) is 10.8 Å². The van der Waals surface area contributed by atoms with Gasteiger partial charge in [-0.1, -0.05) is 42.5 Å². The molecule has 0 saturated carbocycles. The van der Waals surface area contributed by atoms with Crippen LogP contribution in [0.4, 0.5) is 0 Å². The van der Waals surface area contributed by atoms with Crippen LogP contribution in [0.1, 0.15) is 28.7 Å². The number of pyridine rings is 1. The Balaban J connectivity index is 1.80. The quantitative estimate of drug-likeness (QED) is 0.785. The Kier molecular flexibility index (Phi) is 2.97. The monoisotopic (exact) mass is 274 g/mol. The first-order chi connectivity index (χ1) is 10.4. The zero-order valence-electron chi connectivity index (χ0n) is 12.1. The van der Waals surface area contributed by atoms with Crippen molar-refractivity contribution in [3.8, 4) is 0 Å². The van der Waals surface area contributed by atoms with Crippen molar-refractivity contribution >= 4 is 10.8 Å². The molecule has 0 bridgehead atoms. The van der Waals surface area contributed by atoms with Crippen LogP contribution in [0, 0.1) is 0 Å². The third-order valence-electron chi connectivity index (χ3n) is 4.66. The number of likely N-dealkylation sites (N-methyl/N-ethyl adjacent to an activating group) is 1. The van der Waals surface area contributed by atoms with Crippen molar-refractivity contribution < 1.29 is 0 Å². The second-order valence-corrected chi connectivity index (χ2v) is 5.72. The maximum Gasteiger partial charge on any atom is 0.0397 e. The van der Waals surface area contributed by atoms with Crippen molar-refractivity contribution in [2.45, 2.75) is 18.4 Å². The van der Waals surface area contributed by atoms with Gasteiger partial charge in [-0.2, -0.15) is 0 Å². The molecular formula is C19H18N2. The number of benzene rings is 2. The van der Waals surface area contributed by atoms with Gasteiger partial charge in [-0.25, -0.2) is 0 Å². The fraction of sp³-hybridized carbons (Fsp3) is 0.211. The molecule has 3 aromatic rings. The summed E-state index contributed by atoms with van der Waals surface area (Å²) in [4.78, 5) is 4.31. The first-order valence-corrected chi connectivity index (χ1v) is 7.46. The van der Waals surface area contributed by atoms with Crippen molar-refractivity contribution in [1.82, 2.24) is 10.3 Å². The van der Waals surface area contributed by atoms with E-state index in [4.69, 9.17) is 0 Å². The Labute approximate surface area is 124 Å². The number of fused-ring (bicyclic) bond motifs is 2. The van der Waals surface area contributed by atoms with Crippen molar-refractivity contribution in [1.29, 1.82) is 0 Å². The predicted octanol–water partition coefficient (Wildman–Crippen LogP) is 3.84. The van der Waals surface area contributed by atoms with E-state index >= 15 is 0 Å². The molecule has 1 aliphatic rings. The van der Waals surface area contributed by atoms with Crippen LogP contribution in [0.5, 0.6) is 0 Å². The van der Waals surface area contributed by atoms with Gasteiger partial charge < -0.3 is 5.32 Å². The average Bonchev–Trinajstić information content (AvgIpc) is 2.52. The minimum Gasteiger partial charge on any atom is -0.312 e. The lowest BCUT2D eigenvalue weighted by atomic mass is 9.71. The first-order valence-electron chi connectivity index (χ1n) is 7.46. The van der Waals surface area contributed by atoms with Gasteiger partial charge in [-0.05, 0) is 41.6 Å². The van der Waals surface area contributed by atoms with Gasteiger partial charge >= 0.3 is 0 Å². The molecule has 2 unspecified atom stereocenters. The molecule has 4 rings (SSSR count). The standard InChI is InChI=1S/C19H18N2/c1-20-19(17-11-14-5-2-3-7-15(14)17)16-8-4-6-13-9-10-21-12-18(13)16/h2-10,12,17,19-20H,11H2,1H3. The summed E-state index contributed by atoms with van der Waals surface area (Å²) in [6, 6.07) is 17.7. The summed E-state index contributed by atoms with van der Waals surface area (Å²) in [5, 5.41) is 6.04. The van der Waals surface area contributed by atoms with Gasteiger partial charge in [0.25, 0.3) is 0 Å². The summed E-state index contributed by atoms with van der Waals surface area (Å²) in [5.41, 5.74) is 4.32. The molecule has 2 atom stereocenters. The number of nitrogens with zero attached hydrogens (tertiary/aromatic N) is 1. The van der Waals surface area contributed by atoms with E-state index in [-0.39, 0.29) is 0 Å². The highest BCUT2D eigenvalue weighted by Gasteiger charge is 2.33. The molecule has 0 saturated heterocycles. The Morgan fingerprint density at radius 2 is 2.00 bits per heavy atom. The minimum absolute atomic E-state index is 0.341. The number of aromatic nitrogens is 1. The zero-order chi connectivity index (χ0) is 14.2. The lowest BCUT2D eigenvalue weighted by Crippen LogP contribution is -2.31. The van der Waals surface area contributed by atoms with E-state index in [1.807, 2.05) is 12.4 Å². The van der Waals surface area contributed by atoms with E-state index in [1.54, 1.807) is 0 Å². The molecule has 1 aromatic heterocycles. The highest BCUT2D eigenvalue weighted by atomic mass is 14.9. The van der Waals surface area contributed by atoms with Gasteiger partial charge in [0.05, 0.1) is 0 Å². The molecule has 0 amide bonds. The topological polar surface area (TPSA) is 24.9 Å². The molecule has 21 heavy (non-hydrogen) atoms. The average molecular weight is 274 g/mol. The van der Waals surface area contributed by atoms with E-state index in [9.17, 15) is 0 Å². The van der Waals surface area contributed by atoms with Gasteiger partial charge in [-0.15, -0.1) is 0 Å². The first kappa shape index (κ1) is 12.5. The molecule has 0 aliphatic heterocycles. The fourth-order valence-electron chi connectivity index (χ4n) is 3.58. The maximum absolute atomic E-state index is 4.31. The van der Waals surface area contributed by atoms with Crippen LogP contribution in [-0.2, 0) is 6.42 Å². The fourth-order valence-corrected chi connectivity index (χ4v) is 3.58. The van der Waals surface area contributed by atoms with Crippen LogP contribution >= 0.6 is 0 Å². The molecule has 0 radical (unpaired) electrons. The minimum atomic E-state index is 0.341. The SMILES string of the molecule is CNC(c1cccc2ccncc12)C1Cc2ccccc21. The Morgan fingerprint density at radius 3 is 2.86 bits per heavy atom. The van der Waals surface area contributed by atoms with E-state index in [1.165, 1.54) is 27.5 Å². The lowest BCUT2D eigenvalue weighted by Gasteiger charge is -2.37. The Bertz CT molecular complexity index is 789. The molecular weight excluding hydrogens is 256 g/mol. The molecule has 2 aromatic carbocycles. The summed E-state index contributed by atoms with van der Waals surface area (Å²) >= 11 is 0. The normalized spacial score (nSPS) is 18.0. The van der Waals surface area contributed by atoms with Crippen molar-refractivity contribution in [2.75, 3.05) is 7.05 Å². The van der Waals surface area contributed by atoms with Gasteiger partial charge in [-0.3, -0.25) is 4.98 Å². The summed E-state index contributed by atoms with van der Waals surface area (Å²) in [6.07, 6.45) is 5.00. The summed E-state index contributed by atoms with van der Waals surface area (Å²) in [7, 11) is 2.06. The summed E-state index contributed by atoms with van der Waals surface area (Å²) in [6.45, 7) is 0. The highest BCUT2D eigenvalue weighted by Crippen LogP contribution is 2.44. The second kappa shape index (κ2) is 4.97. The largest absolute Gasteiger partial charge is 0.312 e. The van der Waals surface area contributed by atoms with Crippen molar-refractivity contribution in [3.63, 3.8) is 0 Å². The number of hydrogen-bond donors (Lipinski definition) is 1. The van der Waals surface area contributed by atoms with Crippen molar-refractivity contribution in [2.24, 2.45) is 0 Å². The van der Waals surface area contributed by atoms with Crippen molar-refractivity contribution in [3.05, 3.63) is 77.6 Å². The van der Waals surface area contributed by atoms with E-state index in [0.717, 1.165) is 6.42 Å². The zero-order valence-corrected chi connectivity index (χ0v) is 12.1. The molecule has 1 aliphatic carbocycles. The van der Waals surface area contributed by atoms with Crippen LogP contribution in [0.15, 0.2) is 60.9 Å². The summed E-state index contributed by atoms with van der Waals surface area (Å²) in [5.74, 6) is 0.553. The smallest absolute Gasteiger partial charge is 0.0397 e. The van der Waals surface area contributed by atoms with Crippen LogP contribution in [0.3, 0.4) is 0 Å². The van der Waals surface area contributed by atoms with Crippen LogP contribution in [0.2, 0.25) is 0 Å².